The summed E-state index contributed by atoms with van der Waals surface area (Å²) in [4.78, 5) is 207. The molecular formula is C78H108N20O15S. The minimum atomic E-state index is -1.86. The maximum Gasteiger partial charge on any atom is 0.245 e. The number of fused-ring (bicyclic) bond motifs is 3. The Hall–Kier alpha value is -11.7. The van der Waals surface area contributed by atoms with Crippen molar-refractivity contribution in [1.82, 2.24) is 79.1 Å². The number of hydrogen-bond acceptors (Lipinski definition) is 18. The van der Waals surface area contributed by atoms with E-state index in [4.69, 9.17) is 28.3 Å². The van der Waals surface area contributed by atoms with Gasteiger partial charge in [0, 0.05) is 65.8 Å². The topological polar surface area (TPSA) is 575 Å². The van der Waals surface area contributed by atoms with Gasteiger partial charge in [-0.15, -0.1) is 11.8 Å². The van der Waals surface area contributed by atoms with Gasteiger partial charge >= 0.3 is 0 Å². The van der Waals surface area contributed by atoms with Gasteiger partial charge in [-0.1, -0.05) is 133 Å². The quantitative estimate of drug-likeness (QED) is 0.0189. The second kappa shape index (κ2) is 44.5. The van der Waals surface area contributed by atoms with Crippen molar-refractivity contribution in [2.75, 3.05) is 37.7 Å². The van der Waals surface area contributed by atoms with Crippen LogP contribution in [0.2, 0.25) is 0 Å². The van der Waals surface area contributed by atoms with Crippen LogP contribution in [0.4, 0.5) is 0 Å². The van der Waals surface area contributed by atoms with Crippen LogP contribution < -0.4 is 92.1 Å². The number of H-pyrrole nitrogens is 2. The van der Waals surface area contributed by atoms with E-state index < -0.39 is 192 Å². The number of carbonyl (C=O) groups is 14. The Bertz CT molecular complexity index is 4400. The van der Waals surface area contributed by atoms with Crippen molar-refractivity contribution >= 4 is 133 Å². The van der Waals surface area contributed by atoms with Gasteiger partial charge in [-0.05, 0) is 96.5 Å². The van der Waals surface area contributed by atoms with Crippen LogP contribution in [0.3, 0.4) is 0 Å². The number of rotatable bonds is 24. The summed E-state index contributed by atoms with van der Waals surface area (Å²) in [6.45, 7) is 6.70. The average Bonchev–Trinajstić information content (AvgIpc) is 1.62. The Morgan fingerprint density at radius 2 is 1.00 bits per heavy atom. The van der Waals surface area contributed by atoms with Gasteiger partial charge in [0.05, 0.1) is 25.3 Å². The summed E-state index contributed by atoms with van der Waals surface area (Å²) in [5.41, 5.74) is 26.1. The van der Waals surface area contributed by atoms with Crippen LogP contribution in [0.5, 0.6) is 0 Å². The van der Waals surface area contributed by atoms with E-state index in [1.165, 1.54) is 0 Å². The number of para-hydroxylation sites is 2. The van der Waals surface area contributed by atoms with Crippen LogP contribution >= 0.6 is 11.8 Å². The largest absolute Gasteiger partial charge is 0.394 e. The number of thioether (sulfide) groups is 1. The third-order valence-electron chi connectivity index (χ3n) is 19.6. The fourth-order valence-electron chi connectivity index (χ4n) is 13.0. The molecule has 1 fully saturated rings. The number of nitrogens with two attached hydrogens (primary N) is 4. The third kappa shape index (κ3) is 27.0. The van der Waals surface area contributed by atoms with Crippen LogP contribution in [0, 0.1) is 17.2 Å². The molecule has 616 valence electrons. The summed E-state index contributed by atoms with van der Waals surface area (Å²) in [6, 6.07) is 10.3. The molecule has 36 heteroatoms. The van der Waals surface area contributed by atoms with E-state index in [0.717, 1.165) is 22.5 Å². The molecule has 0 spiro atoms. The van der Waals surface area contributed by atoms with Crippen LogP contribution in [-0.4, -0.2) is 208 Å². The molecule has 0 bridgehead atoms. The summed E-state index contributed by atoms with van der Waals surface area (Å²) in [7, 11) is 0. The number of aliphatic hydroxyl groups excluding tert-OH is 1. The third-order valence-corrected chi connectivity index (χ3v) is 20.6. The normalized spacial score (nSPS) is 22.9. The predicted octanol–water partition coefficient (Wildman–Crippen LogP) is -1.34. The number of aromatic amines is 2. The van der Waals surface area contributed by atoms with E-state index >= 15 is 14.4 Å². The molecule has 0 unspecified atom stereocenters. The van der Waals surface area contributed by atoms with Gasteiger partial charge in [0.1, 0.15) is 66.5 Å². The molecule has 7 rings (SSSR count). The number of amides is 14. The zero-order valence-corrected chi connectivity index (χ0v) is 65.5. The molecule has 2 aromatic heterocycles. The zero-order valence-electron chi connectivity index (χ0n) is 64.6. The lowest BCUT2D eigenvalue weighted by Gasteiger charge is -2.29. The highest BCUT2D eigenvalue weighted by Crippen LogP contribution is 2.24. The first kappa shape index (κ1) is 89.5. The molecule has 35 nitrogen and oxygen atoms in total. The van der Waals surface area contributed by atoms with Gasteiger partial charge in [-0.3, -0.25) is 72.5 Å². The van der Waals surface area contributed by atoms with Gasteiger partial charge in [0.15, 0.2) is 5.96 Å². The number of aromatic nitrogens is 2. The van der Waals surface area contributed by atoms with E-state index in [-0.39, 0.29) is 76.6 Å². The van der Waals surface area contributed by atoms with Gasteiger partial charge in [-0.2, -0.15) is 0 Å². The maximum atomic E-state index is 15.1. The molecule has 12 atom stereocenters. The lowest BCUT2D eigenvalue weighted by molar-refractivity contribution is -0.136. The van der Waals surface area contributed by atoms with E-state index in [2.05, 4.69) is 79.1 Å². The molecule has 1 aliphatic rings. The summed E-state index contributed by atoms with van der Waals surface area (Å²) in [5.74, 6) is -15.8. The van der Waals surface area contributed by atoms with Crippen LogP contribution in [-0.2, 0) is 86.4 Å². The van der Waals surface area contributed by atoms with Crippen molar-refractivity contribution in [3.8, 4) is 0 Å². The fraction of sp³-hybridized carbons (Fsp3) is 0.474. The number of benzene rings is 4. The summed E-state index contributed by atoms with van der Waals surface area (Å²) in [5, 5.41) is 55.3. The standard InChI is InChI=1S/C78H108N20O15S/c1-6-8-22-54-70(106)90-55(25-15-16-29-79)71(107)92-58(34-48-37-86-52-24-14-12-21-50(48)52)75(111)97-65(42(3)4)76(112)96-61(67(81)103)40-114-41-64(102)89-56(32-44-27-28-45-18-9-10-19-46(45)31-44)74(110)98-66(43(5)7-2)77(113)95-60(39-99)68(104)87-38-63(101)88-53(26-17-30-84-78(82)83)69(105)94-59(35-62(80)100)73(109)93-57(72(108)91-54)33-47-36-85-51-23-13-11-20-49(47)51/h9-14,18-21,23-24,27-28,31,36-37,42-43,53-61,65-66,85-86,99H,6-8,15-17,22,25-26,29-30,32-35,38-41,79H2,1-5H3,(H2,80,100)(H2,81,103)(H,87,104)(H,88,101)(H,89,102)(H,90,106)(H,91,108)(H,92,107)(H,93,109)(H,94,105)(H,95,113)(H,96,112)(H,97,111)(H,98,110)(H4,82,83,84)/t43-,53-,54-,55-,56+,57-,58-,59-,60-,61-,65-,66-/m0/s1. The second-order valence-electron chi connectivity index (χ2n) is 28.7. The molecule has 25 N–H and O–H groups in total. The molecule has 4 aromatic carbocycles. The van der Waals surface area contributed by atoms with Gasteiger partial charge in [0.2, 0.25) is 82.7 Å². The Morgan fingerprint density at radius 1 is 0.518 bits per heavy atom. The van der Waals surface area contributed by atoms with Crippen LogP contribution in [0.25, 0.3) is 32.6 Å². The average molecular weight is 1600 g/mol. The van der Waals surface area contributed by atoms with Crippen molar-refractivity contribution in [2.24, 2.45) is 34.8 Å². The monoisotopic (exact) mass is 1600 g/mol. The zero-order chi connectivity index (χ0) is 83.1. The molecule has 0 radical (unpaired) electrons. The van der Waals surface area contributed by atoms with E-state index in [0.29, 0.717) is 57.8 Å². The first-order valence-corrected chi connectivity index (χ1v) is 39.4. The van der Waals surface area contributed by atoms with Gasteiger partial charge in [0.25, 0.3) is 0 Å². The highest BCUT2D eigenvalue weighted by molar-refractivity contribution is 8.00. The second-order valence-corrected chi connectivity index (χ2v) is 29.7. The predicted molar refractivity (Wildman–Crippen MR) is 429 cm³/mol. The Morgan fingerprint density at radius 3 is 1.55 bits per heavy atom. The Labute approximate surface area is 663 Å². The summed E-state index contributed by atoms with van der Waals surface area (Å²) >= 11 is 0.868. The van der Waals surface area contributed by atoms with Crippen molar-refractivity contribution in [1.29, 1.82) is 5.41 Å². The lowest BCUT2D eigenvalue weighted by Crippen LogP contribution is -2.61. The van der Waals surface area contributed by atoms with E-state index in [1.54, 1.807) is 94.7 Å². The number of aliphatic hydroxyl groups is 1. The SMILES string of the molecule is CCCC[C@@H]1NC(=O)[C@H](Cc2c[nH]c3ccccc23)NC(=O)[C@H](CC(N)=O)NC(=O)[C@H](CCCNC(=N)N)NC(=O)CNC(=O)[C@H](CO)NC(=O)[C@H]([C@@H](C)CC)NC(=O)[C@@H](Cc2ccc3ccccc3c2)NC(=O)CSC[C@@H](C(N)=O)NC(=O)[C@H](C(C)C)NC(=O)[C@H](Cc2c[nH]c3ccccc23)NC(=O)[C@H](CCCCN)NC1=O. The smallest absolute Gasteiger partial charge is 0.245 e. The Balaban J connectivity index is 1.27. The molecule has 14 amide bonds. The number of hydrogen-bond donors (Lipinski definition) is 21. The van der Waals surface area contributed by atoms with Gasteiger partial charge < -0.3 is 107 Å². The molecule has 0 aliphatic carbocycles. The fourth-order valence-corrected chi connectivity index (χ4v) is 13.8. The van der Waals surface area contributed by atoms with Crippen LogP contribution in [0.1, 0.15) is 116 Å². The van der Waals surface area contributed by atoms with Crippen molar-refractivity contribution < 1.29 is 72.2 Å². The number of guanidine groups is 1. The number of nitrogens with one attached hydrogen (secondary N) is 16. The number of carbonyl (C=O) groups excluding carboxylic acids is 14. The van der Waals surface area contributed by atoms with Crippen molar-refractivity contribution in [3.63, 3.8) is 0 Å². The molecule has 114 heavy (non-hydrogen) atoms. The van der Waals surface area contributed by atoms with Gasteiger partial charge in [-0.25, -0.2) is 0 Å². The molecule has 6 aromatic rings. The Kier molecular flexibility index (Phi) is 35.0. The molecule has 3 heterocycles. The lowest BCUT2D eigenvalue weighted by atomic mass is 9.96. The number of unbranched alkanes of at least 4 members (excludes halogenated alkanes) is 2. The highest BCUT2D eigenvalue weighted by Gasteiger charge is 2.38. The minimum Gasteiger partial charge on any atom is -0.394 e. The van der Waals surface area contributed by atoms with E-state index in [1.807, 2.05) is 43.3 Å². The van der Waals surface area contributed by atoms with Crippen molar-refractivity contribution in [3.05, 3.63) is 120 Å². The summed E-state index contributed by atoms with van der Waals surface area (Å²) < 4.78 is 0. The highest BCUT2D eigenvalue weighted by atomic mass is 32.2. The first-order valence-electron chi connectivity index (χ1n) is 38.2. The molecular weight excluding hydrogens is 1490 g/mol. The molecule has 0 saturated carbocycles. The van der Waals surface area contributed by atoms with Crippen LogP contribution in [0.15, 0.2) is 103 Å². The number of primary amides is 2. The molecule has 1 saturated heterocycles. The van der Waals surface area contributed by atoms with E-state index in [9.17, 15) is 57.8 Å². The van der Waals surface area contributed by atoms with Crippen molar-refractivity contribution in [2.45, 2.75) is 185 Å². The first-order chi connectivity index (χ1) is 54.5. The summed E-state index contributed by atoms with van der Waals surface area (Å²) in [6.07, 6.45) is 3.34. The molecule has 1 aliphatic heterocycles. The maximum absolute atomic E-state index is 15.1. The minimum absolute atomic E-state index is 0.0113.